The number of thiocarbonyl (C=S) groups is 1. The van der Waals surface area contributed by atoms with Gasteiger partial charge in [-0.05, 0) is 32.9 Å². The fraction of sp³-hybridized carbons (Fsp3) is 0.333. The van der Waals surface area contributed by atoms with Crippen molar-refractivity contribution in [1.29, 1.82) is 0 Å². The van der Waals surface area contributed by atoms with Crippen LogP contribution in [0.5, 0.6) is 0 Å². The van der Waals surface area contributed by atoms with Crippen molar-refractivity contribution in [3.63, 3.8) is 0 Å². The van der Waals surface area contributed by atoms with E-state index in [2.05, 4.69) is 5.32 Å². The van der Waals surface area contributed by atoms with Gasteiger partial charge in [0.05, 0.1) is 11.3 Å². The van der Waals surface area contributed by atoms with Gasteiger partial charge in [0.15, 0.2) is 0 Å². The monoisotopic (exact) mass is 270 g/mol. The van der Waals surface area contributed by atoms with Crippen LogP contribution in [0.2, 0.25) is 0 Å². The highest BCUT2D eigenvalue weighted by Crippen LogP contribution is 2.20. The molecular formula is C12H15FN2O2S. The minimum atomic E-state index is -0.689. The first kappa shape index (κ1) is 14.4. The van der Waals surface area contributed by atoms with E-state index in [1.807, 2.05) is 0 Å². The number of anilines is 1. The maximum atomic E-state index is 13.5. The van der Waals surface area contributed by atoms with E-state index in [1.54, 1.807) is 20.8 Å². The van der Waals surface area contributed by atoms with Crippen molar-refractivity contribution in [2.75, 3.05) is 5.32 Å². The van der Waals surface area contributed by atoms with E-state index in [0.717, 1.165) is 0 Å². The first-order valence-corrected chi connectivity index (χ1v) is 5.70. The molecule has 1 aromatic carbocycles. The van der Waals surface area contributed by atoms with Gasteiger partial charge >= 0.3 is 6.09 Å². The quantitative estimate of drug-likeness (QED) is 0.811. The lowest BCUT2D eigenvalue weighted by atomic mass is 10.1. The Morgan fingerprint density at radius 3 is 2.56 bits per heavy atom. The molecule has 0 aromatic heterocycles. The molecule has 0 aliphatic carbocycles. The maximum absolute atomic E-state index is 13.5. The summed E-state index contributed by atoms with van der Waals surface area (Å²) >= 11 is 4.75. The predicted octanol–water partition coefficient (Wildman–Crippen LogP) is 2.81. The highest BCUT2D eigenvalue weighted by molar-refractivity contribution is 7.80. The van der Waals surface area contributed by atoms with Gasteiger partial charge in [0.25, 0.3) is 0 Å². The molecule has 1 aromatic rings. The highest BCUT2D eigenvalue weighted by Gasteiger charge is 2.18. The minimum absolute atomic E-state index is 0.00152. The van der Waals surface area contributed by atoms with Crippen molar-refractivity contribution < 1.29 is 13.9 Å². The number of hydrogen-bond donors (Lipinski definition) is 2. The number of carbonyl (C=O) groups excluding carboxylic acids is 1. The van der Waals surface area contributed by atoms with Crippen molar-refractivity contribution in [2.45, 2.75) is 26.4 Å². The topological polar surface area (TPSA) is 64.3 Å². The number of hydrogen-bond acceptors (Lipinski definition) is 3. The van der Waals surface area contributed by atoms with Gasteiger partial charge in [-0.15, -0.1) is 0 Å². The molecule has 0 fully saturated rings. The van der Waals surface area contributed by atoms with Crippen LogP contribution >= 0.6 is 12.2 Å². The Kier molecular flexibility index (Phi) is 4.24. The Morgan fingerprint density at radius 2 is 2.06 bits per heavy atom. The second-order valence-electron chi connectivity index (χ2n) is 4.65. The first-order chi connectivity index (χ1) is 8.20. The summed E-state index contributed by atoms with van der Waals surface area (Å²) in [6.45, 7) is 5.19. The van der Waals surface area contributed by atoms with E-state index in [0.29, 0.717) is 0 Å². The Morgan fingerprint density at radius 1 is 1.44 bits per heavy atom. The van der Waals surface area contributed by atoms with Gasteiger partial charge in [0.2, 0.25) is 0 Å². The number of amides is 1. The molecule has 4 nitrogen and oxygen atoms in total. The van der Waals surface area contributed by atoms with Crippen LogP contribution in [0.3, 0.4) is 0 Å². The Bertz CT molecular complexity index is 483. The molecule has 0 unspecified atom stereocenters. The smallest absolute Gasteiger partial charge is 0.412 e. The number of halogens is 1. The molecule has 0 aliphatic heterocycles. The molecule has 98 valence electrons. The summed E-state index contributed by atoms with van der Waals surface area (Å²) in [6, 6.07) is 4.17. The average Bonchev–Trinajstić information content (AvgIpc) is 2.13. The van der Waals surface area contributed by atoms with Gasteiger partial charge in [-0.2, -0.15) is 0 Å². The van der Waals surface area contributed by atoms with E-state index in [1.165, 1.54) is 18.2 Å². The minimum Gasteiger partial charge on any atom is -0.444 e. The first-order valence-electron chi connectivity index (χ1n) is 5.29. The molecule has 3 N–H and O–H groups in total. The van der Waals surface area contributed by atoms with E-state index in [9.17, 15) is 9.18 Å². The Labute approximate surface area is 110 Å². The van der Waals surface area contributed by atoms with E-state index in [-0.39, 0.29) is 16.2 Å². The summed E-state index contributed by atoms with van der Waals surface area (Å²) in [6.07, 6.45) is -0.689. The zero-order chi connectivity index (χ0) is 13.9. The number of ether oxygens (including phenoxy) is 1. The molecule has 0 radical (unpaired) electrons. The summed E-state index contributed by atoms with van der Waals surface area (Å²) in [7, 11) is 0. The van der Waals surface area contributed by atoms with Crippen LogP contribution in [0.25, 0.3) is 0 Å². The highest BCUT2D eigenvalue weighted by atomic mass is 32.1. The summed E-state index contributed by atoms with van der Waals surface area (Å²) in [5.74, 6) is -0.587. The summed E-state index contributed by atoms with van der Waals surface area (Å²) in [4.78, 5) is 11.4. The lowest BCUT2D eigenvalue weighted by molar-refractivity contribution is 0.0636. The standard InChI is InChI=1S/C12H15FN2O2S/c1-12(2,3)17-11(16)15-8-6-4-5-7(13)9(8)10(14)18/h4-6H,1-3H3,(H2,14,18)(H,15,16). The molecule has 1 amide bonds. The maximum Gasteiger partial charge on any atom is 0.412 e. The molecule has 0 saturated heterocycles. The van der Waals surface area contributed by atoms with Gasteiger partial charge in [-0.25, -0.2) is 9.18 Å². The fourth-order valence-electron chi connectivity index (χ4n) is 1.29. The fourth-order valence-corrected chi connectivity index (χ4v) is 1.50. The molecule has 0 bridgehead atoms. The average molecular weight is 270 g/mol. The third kappa shape index (κ3) is 3.96. The molecule has 0 heterocycles. The normalized spacial score (nSPS) is 10.9. The van der Waals surface area contributed by atoms with Gasteiger partial charge in [-0.3, -0.25) is 5.32 Å². The van der Waals surface area contributed by atoms with Crippen LogP contribution < -0.4 is 11.1 Å². The number of nitrogens with one attached hydrogen (secondary N) is 1. The van der Waals surface area contributed by atoms with E-state index < -0.39 is 17.5 Å². The molecule has 0 aliphatic rings. The van der Waals surface area contributed by atoms with Gasteiger partial charge < -0.3 is 10.5 Å². The summed E-state index contributed by atoms with van der Waals surface area (Å²) in [5.41, 5.74) is 4.97. The van der Waals surface area contributed by atoms with Crippen molar-refractivity contribution >= 4 is 29.0 Å². The van der Waals surface area contributed by atoms with Crippen LogP contribution in [0, 0.1) is 5.82 Å². The third-order valence-corrected chi connectivity index (χ3v) is 2.10. The van der Waals surface area contributed by atoms with Crippen LogP contribution in [-0.2, 0) is 4.74 Å². The molecule has 1 rings (SSSR count). The zero-order valence-electron chi connectivity index (χ0n) is 10.4. The van der Waals surface area contributed by atoms with Gasteiger partial charge in [-0.1, -0.05) is 18.3 Å². The number of benzene rings is 1. The number of nitrogens with two attached hydrogens (primary N) is 1. The molecular weight excluding hydrogens is 255 g/mol. The van der Waals surface area contributed by atoms with E-state index >= 15 is 0 Å². The lowest BCUT2D eigenvalue weighted by Crippen LogP contribution is -2.28. The van der Waals surface area contributed by atoms with Crippen LogP contribution in [-0.4, -0.2) is 16.7 Å². The van der Waals surface area contributed by atoms with Crippen LogP contribution in [0.4, 0.5) is 14.9 Å². The Hall–Kier alpha value is -1.69. The summed E-state index contributed by atoms with van der Waals surface area (Å²) < 4.78 is 18.6. The van der Waals surface area contributed by atoms with Crippen molar-refractivity contribution in [2.24, 2.45) is 5.73 Å². The van der Waals surface area contributed by atoms with Gasteiger partial charge in [0, 0.05) is 0 Å². The van der Waals surface area contributed by atoms with Crippen LogP contribution in [0.1, 0.15) is 26.3 Å². The SMILES string of the molecule is CC(C)(C)OC(=O)Nc1cccc(F)c1C(N)=S. The van der Waals surface area contributed by atoms with Crippen molar-refractivity contribution in [3.05, 3.63) is 29.6 Å². The molecule has 0 atom stereocenters. The van der Waals surface area contributed by atoms with E-state index in [4.69, 9.17) is 22.7 Å². The zero-order valence-corrected chi connectivity index (χ0v) is 11.2. The lowest BCUT2D eigenvalue weighted by Gasteiger charge is -2.20. The van der Waals surface area contributed by atoms with Gasteiger partial charge in [0.1, 0.15) is 16.4 Å². The number of rotatable bonds is 2. The largest absolute Gasteiger partial charge is 0.444 e. The van der Waals surface area contributed by atoms with Crippen molar-refractivity contribution in [1.82, 2.24) is 0 Å². The number of carbonyl (C=O) groups is 1. The second kappa shape index (κ2) is 5.30. The summed E-state index contributed by atoms with van der Waals surface area (Å²) in [5, 5.41) is 2.42. The Balaban J connectivity index is 2.95. The second-order valence-corrected chi connectivity index (χ2v) is 5.09. The molecule has 0 spiro atoms. The molecule has 6 heteroatoms. The predicted molar refractivity (Wildman–Crippen MR) is 72.1 cm³/mol. The molecule has 0 saturated carbocycles. The third-order valence-electron chi connectivity index (χ3n) is 1.90. The molecule has 18 heavy (non-hydrogen) atoms. The van der Waals surface area contributed by atoms with Crippen LogP contribution in [0.15, 0.2) is 18.2 Å². The van der Waals surface area contributed by atoms with Crippen molar-refractivity contribution in [3.8, 4) is 0 Å².